The lowest BCUT2D eigenvalue weighted by Crippen LogP contribution is -2.10. The first-order valence-corrected chi connectivity index (χ1v) is 4.36. The minimum absolute atomic E-state index is 0.470. The molecule has 1 aromatic heterocycles. The Bertz CT molecular complexity index is 310. The molecule has 0 saturated heterocycles. The van der Waals surface area contributed by atoms with E-state index in [0.29, 0.717) is 5.92 Å². The molecular weight excluding hydrogens is 150 g/mol. The first-order valence-electron chi connectivity index (χ1n) is 4.36. The zero-order valence-electron chi connectivity index (χ0n) is 7.49. The van der Waals surface area contributed by atoms with E-state index in [0.717, 1.165) is 24.6 Å². The molecule has 0 aromatic carbocycles. The van der Waals surface area contributed by atoms with Crippen LogP contribution in [0, 0.1) is 0 Å². The predicted molar refractivity (Wildman–Crippen MR) is 47.0 cm³/mol. The van der Waals surface area contributed by atoms with Crippen molar-refractivity contribution < 1.29 is 0 Å². The zero-order valence-corrected chi connectivity index (χ0v) is 7.49. The Morgan fingerprint density at radius 1 is 1.33 bits per heavy atom. The summed E-state index contributed by atoms with van der Waals surface area (Å²) in [6, 6.07) is 0. The smallest absolute Gasteiger partial charge is 0.137 e. The summed E-state index contributed by atoms with van der Waals surface area (Å²) in [5.41, 5.74) is 0. The van der Waals surface area contributed by atoms with Crippen molar-refractivity contribution in [2.24, 2.45) is 0 Å². The van der Waals surface area contributed by atoms with Crippen molar-refractivity contribution in [3.63, 3.8) is 0 Å². The van der Waals surface area contributed by atoms with Gasteiger partial charge in [0.1, 0.15) is 11.6 Å². The quantitative estimate of drug-likeness (QED) is 0.587. The topological polar surface area (TPSA) is 30.7 Å². The molecule has 0 amide bonds. The number of fused-ring (bicyclic) bond motifs is 1. The lowest BCUT2D eigenvalue weighted by molar-refractivity contribution is 0.649. The first-order chi connectivity index (χ1) is 5.79. The molecule has 0 N–H and O–H groups in total. The van der Waals surface area contributed by atoms with E-state index >= 15 is 0 Å². The van der Waals surface area contributed by atoms with Crippen LogP contribution in [-0.2, 0) is 13.0 Å². The molecule has 0 radical (unpaired) electrons. The van der Waals surface area contributed by atoms with Gasteiger partial charge in [0.2, 0.25) is 0 Å². The molecule has 12 heavy (non-hydrogen) atoms. The van der Waals surface area contributed by atoms with E-state index in [1.165, 1.54) is 0 Å². The van der Waals surface area contributed by atoms with Crippen LogP contribution < -0.4 is 0 Å². The fraction of sp³-hybridized carbons (Fsp3) is 0.556. The summed E-state index contributed by atoms with van der Waals surface area (Å²) < 4.78 is 2.20. The van der Waals surface area contributed by atoms with Crippen molar-refractivity contribution in [1.29, 1.82) is 0 Å². The second-order valence-electron chi connectivity index (χ2n) is 3.42. The maximum Gasteiger partial charge on any atom is 0.137 e. The molecule has 0 unspecified atom stereocenters. The molecule has 0 aliphatic carbocycles. The SMILES string of the molecule is CC(C)c1nnc2n1CC=CC2. The monoisotopic (exact) mass is 163 g/mol. The minimum Gasteiger partial charge on any atom is -0.311 e. The summed E-state index contributed by atoms with van der Waals surface area (Å²) in [5.74, 6) is 2.67. The fourth-order valence-corrected chi connectivity index (χ4v) is 1.49. The van der Waals surface area contributed by atoms with Gasteiger partial charge in [-0.1, -0.05) is 26.0 Å². The second-order valence-corrected chi connectivity index (χ2v) is 3.42. The highest BCUT2D eigenvalue weighted by atomic mass is 15.3. The Hall–Kier alpha value is -1.12. The molecule has 3 heteroatoms. The number of nitrogens with zero attached hydrogens (tertiary/aromatic N) is 3. The van der Waals surface area contributed by atoms with Crippen LogP contribution >= 0.6 is 0 Å². The third-order valence-electron chi connectivity index (χ3n) is 2.13. The van der Waals surface area contributed by atoms with Gasteiger partial charge in [0.05, 0.1) is 0 Å². The highest BCUT2D eigenvalue weighted by molar-refractivity contribution is 5.09. The van der Waals surface area contributed by atoms with E-state index in [2.05, 4.69) is 40.8 Å². The molecule has 3 nitrogen and oxygen atoms in total. The molecule has 0 bridgehead atoms. The van der Waals surface area contributed by atoms with Gasteiger partial charge in [-0.3, -0.25) is 0 Å². The van der Waals surface area contributed by atoms with Gasteiger partial charge in [-0.25, -0.2) is 0 Å². The van der Waals surface area contributed by atoms with Gasteiger partial charge in [0.15, 0.2) is 0 Å². The molecule has 2 heterocycles. The van der Waals surface area contributed by atoms with Crippen molar-refractivity contribution in [3.8, 4) is 0 Å². The highest BCUT2D eigenvalue weighted by Crippen LogP contribution is 2.16. The summed E-state index contributed by atoms with van der Waals surface area (Å²) in [4.78, 5) is 0. The van der Waals surface area contributed by atoms with Crippen LogP contribution in [0.4, 0.5) is 0 Å². The van der Waals surface area contributed by atoms with Crippen LogP contribution in [-0.4, -0.2) is 14.8 Å². The van der Waals surface area contributed by atoms with Crippen LogP contribution in [0.2, 0.25) is 0 Å². The predicted octanol–water partition coefficient (Wildman–Crippen LogP) is 1.51. The van der Waals surface area contributed by atoms with Crippen molar-refractivity contribution in [2.45, 2.75) is 32.7 Å². The number of hydrogen-bond donors (Lipinski definition) is 0. The average Bonchev–Trinajstić information content (AvgIpc) is 2.47. The lowest BCUT2D eigenvalue weighted by atomic mass is 10.2. The molecule has 1 aliphatic heterocycles. The maximum absolute atomic E-state index is 4.17. The Labute approximate surface area is 72.1 Å². The van der Waals surface area contributed by atoms with Gasteiger partial charge in [0.25, 0.3) is 0 Å². The van der Waals surface area contributed by atoms with Gasteiger partial charge < -0.3 is 4.57 Å². The zero-order chi connectivity index (χ0) is 8.55. The molecule has 0 spiro atoms. The van der Waals surface area contributed by atoms with E-state index in [4.69, 9.17) is 0 Å². The molecule has 0 saturated carbocycles. The highest BCUT2D eigenvalue weighted by Gasteiger charge is 2.14. The number of aromatic nitrogens is 3. The van der Waals surface area contributed by atoms with Gasteiger partial charge in [-0.05, 0) is 0 Å². The van der Waals surface area contributed by atoms with Crippen molar-refractivity contribution in [3.05, 3.63) is 23.8 Å². The third-order valence-corrected chi connectivity index (χ3v) is 2.13. The number of hydrogen-bond acceptors (Lipinski definition) is 2. The van der Waals surface area contributed by atoms with Gasteiger partial charge in [-0.2, -0.15) is 0 Å². The Kier molecular flexibility index (Phi) is 1.71. The molecule has 2 rings (SSSR count). The van der Waals surface area contributed by atoms with Crippen LogP contribution in [0.1, 0.15) is 31.4 Å². The lowest BCUT2D eigenvalue weighted by Gasteiger charge is -2.11. The van der Waals surface area contributed by atoms with Crippen LogP contribution in [0.15, 0.2) is 12.2 Å². The van der Waals surface area contributed by atoms with Crippen molar-refractivity contribution >= 4 is 0 Å². The Morgan fingerprint density at radius 2 is 2.17 bits per heavy atom. The van der Waals surface area contributed by atoms with E-state index in [-0.39, 0.29) is 0 Å². The summed E-state index contributed by atoms with van der Waals surface area (Å²) in [7, 11) is 0. The van der Waals surface area contributed by atoms with Crippen molar-refractivity contribution in [1.82, 2.24) is 14.8 Å². The van der Waals surface area contributed by atoms with Gasteiger partial charge in [0, 0.05) is 18.9 Å². The second kappa shape index (κ2) is 2.73. The summed E-state index contributed by atoms with van der Waals surface area (Å²) in [5, 5.41) is 8.31. The van der Waals surface area contributed by atoms with E-state index in [1.54, 1.807) is 0 Å². The van der Waals surface area contributed by atoms with Gasteiger partial charge >= 0.3 is 0 Å². The van der Waals surface area contributed by atoms with E-state index in [9.17, 15) is 0 Å². The van der Waals surface area contributed by atoms with Crippen LogP contribution in [0.25, 0.3) is 0 Å². The normalized spacial score (nSPS) is 15.2. The standard InChI is InChI=1S/C9H13N3/c1-7(2)9-11-10-8-5-3-4-6-12(8)9/h3-4,7H,5-6H2,1-2H3. The van der Waals surface area contributed by atoms with Crippen molar-refractivity contribution in [2.75, 3.05) is 0 Å². The summed E-state index contributed by atoms with van der Waals surface area (Å²) >= 11 is 0. The fourth-order valence-electron chi connectivity index (χ4n) is 1.49. The Balaban J connectivity index is 2.41. The van der Waals surface area contributed by atoms with Crippen LogP contribution in [0.3, 0.4) is 0 Å². The summed E-state index contributed by atoms with van der Waals surface area (Å²) in [6.45, 7) is 5.24. The van der Waals surface area contributed by atoms with Crippen LogP contribution in [0.5, 0.6) is 0 Å². The maximum atomic E-state index is 4.17. The molecule has 64 valence electrons. The third kappa shape index (κ3) is 1.05. The largest absolute Gasteiger partial charge is 0.311 e. The van der Waals surface area contributed by atoms with E-state index in [1.807, 2.05) is 0 Å². The molecule has 0 fully saturated rings. The van der Waals surface area contributed by atoms with Gasteiger partial charge in [-0.15, -0.1) is 10.2 Å². The Morgan fingerprint density at radius 3 is 2.92 bits per heavy atom. The molecule has 1 aromatic rings. The molecule has 1 aliphatic rings. The molecule has 0 atom stereocenters. The summed E-state index contributed by atoms with van der Waals surface area (Å²) in [6.07, 6.45) is 5.25. The average molecular weight is 163 g/mol. The number of allylic oxidation sites excluding steroid dienone is 2. The minimum atomic E-state index is 0.470. The van der Waals surface area contributed by atoms with E-state index < -0.39 is 0 Å². The number of rotatable bonds is 1. The first kappa shape index (κ1) is 7.53. The molecular formula is C9H13N3.